The van der Waals surface area contributed by atoms with Gasteiger partial charge in [0.25, 0.3) is 0 Å². The molecule has 2 atom stereocenters. The average Bonchev–Trinajstić information content (AvgIpc) is 3.30. The van der Waals surface area contributed by atoms with Crippen LogP contribution in [-0.2, 0) is 17.8 Å². The van der Waals surface area contributed by atoms with Gasteiger partial charge < -0.3 is 15.3 Å². The molecule has 5 nitrogen and oxygen atoms in total. The molecule has 2 amide bonds. The number of fused-ring (bicyclic) bond motifs is 1. The second-order valence-corrected chi connectivity index (χ2v) is 6.03. The number of hydrogen-bond donors (Lipinski definition) is 2. The van der Waals surface area contributed by atoms with Crippen LogP contribution in [0.3, 0.4) is 0 Å². The molecular formula is C16H20N2O3. The van der Waals surface area contributed by atoms with E-state index in [1.54, 1.807) is 0 Å². The van der Waals surface area contributed by atoms with Gasteiger partial charge in [0.15, 0.2) is 0 Å². The van der Waals surface area contributed by atoms with Crippen molar-refractivity contribution >= 4 is 12.0 Å². The Morgan fingerprint density at radius 3 is 2.57 bits per heavy atom. The molecule has 112 valence electrons. The van der Waals surface area contributed by atoms with Gasteiger partial charge in [-0.2, -0.15) is 0 Å². The van der Waals surface area contributed by atoms with Crippen molar-refractivity contribution in [3.05, 3.63) is 35.4 Å². The van der Waals surface area contributed by atoms with Crippen LogP contribution < -0.4 is 5.32 Å². The van der Waals surface area contributed by atoms with E-state index in [9.17, 15) is 14.7 Å². The zero-order valence-corrected chi connectivity index (χ0v) is 12.1. The topological polar surface area (TPSA) is 69.6 Å². The van der Waals surface area contributed by atoms with Crippen LogP contribution in [0.25, 0.3) is 0 Å². The number of amides is 2. The van der Waals surface area contributed by atoms with Crippen LogP contribution in [0.4, 0.5) is 4.79 Å². The van der Waals surface area contributed by atoms with Crippen molar-refractivity contribution in [2.75, 3.05) is 0 Å². The van der Waals surface area contributed by atoms with E-state index in [0.717, 1.165) is 24.0 Å². The zero-order valence-electron chi connectivity index (χ0n) is 12.1. The quantitative estimate of drug-likeness (QED) is 0.894. The fraction of sp³-hybridized carbons (Fsp3) is 0.500. The van der Waals surface area contributed by atoms with Crippen molar-refractivity contribution in [3.8, 4) is 0 Å². The highest BCUT2D eigenvalue weighted by atomic mass is 16.4. The first-order valence-corrected chi connectivity index (χ1v) is 7.43. The summed E-state index contributed by atoms with van der Waals surface area (Å²) >= 11 is 0. The molecule has 3 rings (SSSR count). The molecule has 1 saturated carbocycles. The number of urea groups is 1. The molecule has 2 aliphatic rings. The number of carbonyl (C=O) groups excluding carboxylic acids is 1. The maximum absolute atomic E-state index is 12.4. The Hall–Kier alpha value is -2.04. The maximum Gasteiger partial charge on any atom is 0.326 e. The van der Waals surface area contributed by atoms with E-state index in [0.29, 0.717) is 18.9 Å². The van der Waals surface area contributed by atoms with E-state index in [2.05, 4.69) is 5.32 Å². The minimum absolute atomic E-state index is 0.115. The van der Waals surface area contributed by atoms with Gasteiger partial charge in [0.05, 0.1) is 0 Å². The highest BCUT2D eigenvalue weighted by Gasteiger charge is 2.36. The van der Waals surface area contributed by atoms with Gasteiger partial charge in [0.2, 0.25) is 0 Å². The standard InChI is InChI=1S/C16H20N2O3/c1-10(11-6-7-11)17-16(21)18-9-13-5-3-2-4-12(13)8-14(18)15(19)20/h2-5,10-11,14H,6-9H2,1H3,(H,17,21)(H,19,20)/t10?,14-/m1/s1. The van der Waals surface area contributed by atoms with Crippen LogP contribution in [0.2, 0.25) is 0 Å². The summed E-state index contributed by atoms with van der Waals surface area (Å²) in [7, 11) is 0. The molecule has 1 aromatic carbocycles. The van der Waals surface area contributed by atoms with Crippen molar-refractivity contribution in [1.82, 2.24) is 10.2 Å². The molecule has 0 bridgehead atoms. The van der Waals surface area contributed by atoms with Crippen LogP contribution in [0.15, 0.2) is 24.3 Å². The number of benzene rings is 1. The van der Waals surface area contributed by atoms with Gasteiger partial charge in [0, 0.05) is 19.0 Å². The molecule has 0 radical (unpaired) electrons. The number of aliphatic carboxylic acids is 1. The van der Waals surface area contributed by atoms with Crippen molar-refractivity contribution in [2.45, 2.75) is 44.8 Å². The Labute approximate surface area is 123 Å². The Bertz CT molecular complexity index is 568. The lowest BCUT2D eigenvalue weighted by atomic mass is 9.94. The highest BCUT2D eigenvalue weighted by Crippen LogP contribution is 2.32. The fourth-order valence-corrected chi connectivity index (χ4v) is 2.95. The summed E-state index contributed by atoms with van der Waals surface area (Å²) in [5.74, 6) is -0.395. The lowest BCUT2D eigenvalue weighted by Gasteiger charge is -2.35. The van der Waals surface area contributed by atoms with Gasteiger partial charge in [-0.3, -0.25) is 0 Å². The first-order valence-electron chi connectivity index (χ1n) is 7.43. The normalized spacial score (nSPS) is 22.3. The number of hydrogen-bond acceptors (Lipinski definition) is 2. The number of carboxylic acid groups (broad SMARTS) is 1. The van der Waals surface area contributed by atoms with Crippen molar-refractivity contribution in [2.24, 2.45) is 5.92 Å². The summed E-state index contributed by atoms with van der Waals surface area (Å²) in [4.78, 5) is 25.4. The molecule has 0 aromatic heterocycles. The third-order valence-electron chi connectivity index (χ3n) is 4.47. The second-order valence-electron chi connectivity index (χ2n) is 6.03. The van der Waals surface area contributed by atoms with Crippen LogP contribution in [0.5, 0.6) is 0 Å². The predicted octanol–water partition coefficient (Wildman–Crippen LogP) is 2.01. The van der Waals surface area contributed by atoms with E-state index >= 15 is 0 Å². The Balaban J connectivity index is 1.78. The Kier molecular flexibility index (Phi) is 3.57. The molecule has 0 saturated heterocycles. The fourth-order valence-electron chi connectivity index (χ4n) is 2.95. The molecule has 0 spiro atoms. The Morgan fingerprint density at radius 2 is 1.95 bits per heavy atom. The molecule has 1 aromatic rings. The van der Waals surface area contributed by atoms with Crippen molar-refractivity contribution in [1.29, 1.82) is 0 Å². The van der Waals surface area contributed by atoms with Gasteiger partial charge in [-0.15, -0.1) is 0 Å². The van der Waals surface area contributed by atoms with E-state index in [4.69, 9.17) is 0 Å². The number of carboxylic acids is 1. The first kappa shape index (κ1) is 13.9. The monoisotopic (exact) mass is 288 g/mol. The number of nitrogens with zero attached hydrogens (tertiary/aromatic N) is 1. The van der Waals surface area contributed by atoms with Crippen LogP contribution >= 0.6 is 0 Å². The molecule has 1 unspecified atom stereocenters. The summed E-state index contributed by atoms with van der Waals surface area (Å²) < 4.78 is 0. The van der Waals surface area contributed by atoms with Crippen LogP contribution in [-0.4, -0.2) is 34.1 Å². The van der Waals surface area contributed by atoms with Gasteiger partial charge in [-0.05, 0) is 36.8 Å². The maximum atomic E-state index is 12.4. The lowest BCUT2D eigenvalue weighted by molar-refractivity contribution is -0.142. The molecule has 2 N–H and O–H groups in total. The van der Waals surface area contributed by atoms with Gasteiger partial charge in [-0.25, -0.2) is 9.59 Å². The van der Waals surface area contributed by atoms with Crippen LogP contribution in [0, 0.1) is 5.92 Å². The van der Waals surface area contributed by atoms with E-state index in [1.165, 1.54) is 4.90 Å². The van der Waals surface area contributed by atoms with E-state index < -0.39 is 12.0 Å². The molecule has 5 heteroatoms. The second kappa shape index (κ2) is 5.39. The summed E-state index contributed by atoms with van der Waals surface area (Å²) in [6.45, 7) is 2.35. The summed E-state index contributed by atoms with van der Waals surface area (Å²) in [5, 5.41) is 12.4. The number of rotatable bonds is 3. The van der Waals surface area contributed by atoms with Crippen molar-refractivity contribution in [3.63, 3.8) is 0 Å². The molecular weight excluding hydrogens is 268 g/mol. The van der Waals surface area contributed by atoms with Crippen LogP contribution in [0.1, 0.15) is 30.9 Å². The molecule has 1 aliphatic carbocycles. The van der Waals surface area contributed by atoms with Gasteiger partial charge in [0.1, 0.15) is 6.04 Å². The summed E-state index contributed by atoms with van der Waals surface area (Å²) in [5.41, 5.74) is 2.05. The smallest absolute Gasteiger partial charge is 0.326 e. The average molecular weight is 288 g/mol. The van der Waals surface area contributed by atoms with Crippen molar-refractivity contribution < 1.29 is 14.7 Å². The lowest BCUT2D eigenvalue weighted by Crippen LogP contribution is -2.54. The molecule has 1 aliphatic heterocycles. The number of carbonyl (C=O) groups is 2. The highest BCUT2D eigenvalue weighted by molar-refractivity contribution is 5.83. The number of nitrogens with one attached hydrogen (secondary N) is 1. The Morgan fingerprint density at radius 1 is 1.29 bits per heavy atom. The summed E-state index contributed by atoms with van der Waals surface area (Å²) in [6, 6.07) is 6.78. The first-order chi connectivity index (χ1) is 10.1. The molecule has 21 heavy (non-hydrogen) atoms. The third kappa shape index (κ3) is 2.86. The predicted molar refractivity (Wildman–Crippen MR) is 77.8 cm³/mol. The molecule has 1 fully saturated rings. The van der Waals surface area contributed by atoms with E-state index in [-0.39, 0.29) is 12.1 Å². The minimum atomic E-state index is -0.946. The summed E-state index contributed by atoms with van der Waals surface area (Å²) in [6.07, 6.45) is 2.66. The minimum Gasteiger partial charge on any atom is -0.480 e. The van der Waals surface area contributed by atoms with Gasteiger partial charge in [-0.1, -0.05) is 24.3 Å². The molecule has 1 heterocycles. The van der Waals surface area contributed by atoms with E-state index in [1.807, 2.05) is 31.2 Å². The largest absolute Gasteiger partial charge is 0.480 e. The SMILES string of the molecule is CC(NC(=O)N1Cc2ccccc2C[C@@H]1C(=O)O)C1CC1. The third-order valence-corrected chi connectivity index (χ3v) is 4.47. The van der Waals surface area contributed by atoms with Gasteiger partial charge >= 0.3 is 12.0 Å². The zero-order chi connectivity index (χ0) is 15.0.